The summed E-state index contributed by atoms with van der Waals surface area (Å²) >= 11 is 0. The highest BCUT2D eigenvalue weighted by molar-refractivity contribution is 5.93. The average Bonchev–Trinajstić information content (AvgIpc) is 3.32. The monoisotopic (exact) mass is 367 g/mol. The molecule has 0 aliphatic carbocycles. The first kappa shape index (κ1) is 18.1. The minimum Gasteiger partial charge on any atom is -0.497 e. The van der Waals surface area contributed by atoms with E-state index >= 15 is 0 Å². The van der Waals surface area contributed by atoms with Gasteiger partial charge in [-0.3, -0.25) is 9.69 Å². The highest BCUT2D eigenvalue weighted by Crippen LogP contribution is 2.31. The second-order valence-electron chi connectivity index (χ2n) is 7.72. The summed E-state index contributed by atoms with van der Waals surface area (Å²) in [4.78, 5) is 20.2. The second-order valence-corrected chi connectivity index (χ2v) is 7.72. The predicted molar refractivity (Wildman–Crippen MR) is 109 cm³/mol. The molecular formula is C22H29N3O2. The molecule has 1 N–H and O–H groups in total. The Morgan fingerprint density at radius 2 is 2.22 bits per heavy atom. The number of carbonyl (C=O) groups is 1. The van der Waals surface area contributed by atoms with Crippen molar-refractivity contribution < 1.29 is 9.53 Å². The SMILES string of the molecule is COc1ccc2[nH]cc(C3=CCN(CCC(=O)N4CCC[C@@H]4C)CC3)c2c1. The molecular weight excluding hydrogens is 338 g/mol. The number of rotatable bonds is 5. The molecule has 1 saturated heterocycles. The Morgan fingerprint density at radius 3 is 2.93 bits per heavy atom. The summed E-state index contributed by atoms with van der Waals surface area (Å²) < 4.78 is 5.38. The topological polar surface area (TPSA) is 48.6 Å². The number of benzene rings is 1. The summed E-state index contributed by atoms with van der Waals surface area (Å²) in [5.41, 5.74) is 3.79. The van der Waals surface area contributed by atoms with Gasteiger partial charge in [-0.2, -0.15) is 0 Å². The lowest BCUT2D eigenvalue weighted by molar-refractivity contribution is -0.132. The maximum absolute atomic E-state index is 12.4. The molecule has 1 fully saturated rings. The smallest absolute Gasteiger partial charge is 0.224 e. The van der Waals surface area contributed by atoms with Gasteiger partial charge in [0.1, 0.15) is 5.75 Å². The summed E-state index contributed by atoms with van der Waals surface area (Å²) in [7, 11) is 1.70. The van der Waals surface area contributed by atoms with Gasteiger partial charge in [0, 0.05) is 61.3 Å². The largest absolute Gasteiger partial charge is 0.497 e. The number of hydrogen-bond donors (Lipinski definition) is 1. The summed E-state index contributed by atoms with van der Waals surface area (Å²) in [6, 6.07) is 6.57. The van der Waals surface area contributed by atoms with Gasteiger partial charge in [0.25, 0.3) is 0 Å². The predicted octanol–water partition coefficient (Wildman–Crippen LogP) is 3.67. The Labute approximate surface area is 161 Å². The summed E-state index contributed by atoms with van der Waals surface area (Å²) in [5, 5.41) is 1.22. The minimum atomic E-state index is 0.318. The molecule has 1 aromatic carbocycles. The van der Waals surface area contributed by atoms with Crippen molar-refractivity contribution in [3.8, 4) is 5.75 Å². The van der Waals surface area contributed by atoms with Crippen LogP contribution >= 0.6 is 0 Å². The fraction of sp³-hybridized carbons (Fsp3) is 0.500. The van der Waals surface area contributed by atoms with Gasteiger partial charge >= 0.3 is 0 Å². The van der Waals surface area contributed by atoms with Crippen molar-refractivity contribution in [2.24, 2.45) is 0 Å². The molecule has 5 heteroatoms. The molecule has 0 bridgehead atoms. The molecule has 0 unspecified atom stereocenters. The number of aromatic amines is 1. The molecule has 0 radical (unpaired) electrons. The lowest BCUT2D eigenvalue weighted by atomic mass is 9.98. The molecule has 1 aromatic heterocycles. The van der Waals surface area contributed by atoms with Crippen LogP contribution in [0.25, 0.3) is 16.5 Å². The molecule has 0 saturated carbocycles. The zero-order chi connectivity index (χ0) is 18.8. The molecule has 1 atom stereocenters. The van der Waals surface area contributed by atoms with Gasteiger partial charge in [-0.05, 0) is 50.0 Å². The number of nitrogens with zero attached hydrogens (tertiary/aromatic N) is 2. The minimum absolute atomic E-state index is 0.318. The van der Waals surface area contributed by atoms with Crippen LogP contribution < -0.4 is 4.74 Å². The van der Waals surface area contributed by atoms with E-state index in [1.54, 1.807) is 7.11 Å². The normalized spacial score (nSPS) is 20.9. The first-order valence-electron chi connectivity index (χ1n) is 10.0. The molecule has 2 aliphatic rings. The zero-order valence-corrected chi connectivity index (χ0v) is 16.3. The fourth-order valence-corrected chi connectivity index (χ4v) is 4.35. The van der Waals surface area contributed by atoms with E-state index in [0.29, 0.717) is 18.4 Å². The number of ether oxygens (including phenoxy) is 1. The number of nitrogens with one attached hydrogen (secondary N) is 1. The number of likely N-dealkylation sites (tertiary alicyclic amines) is 1. The lowest BCUT2D eigenvalue weighted by Gasteiger charge is -2.28. The zero-order valence-electron chi connectivity index (χ0n) is 16.3. The van der Waals surface area contributed by atoms with Crippen molar-refractivity contribution in [1.29, 1.82) is 0 Å². The number of aromatic nitrogens is 1. The van der Waals surface area contributed by atoms with E-state index in [4.69, 9.17) is 4.74 Å². The number of amides is 1. The quantitative estimate of drug-likeness (QED) is 0.877. The molecule has 0 spiro atoms. The number of carbonyl (C=O) groups excluding carboxylic acids is 1. The van der Waals surface area contributed by atoms with Crippen LogP contribution in [0.3, 0.4) is 0 Å². The van der Waals surface area contributed by atoms with E-state index in [2.05, 4.69) is 46.1 Å². The van der Waals surface area contributed by atoms with E-state index in [9.17, 15) is 4.79 Å². The van der Waals surface area contributed by atoms with E-state index < -0.39 is 0 Å². The first-order chi connectivity index (χ1) is 13.2. The third-order valence-electron chi connectivity index (χ3n) is 6.04. The van der Waals surface area contributed by atoms with Gasteiger partial charge in [0.2, 0.25) is 5.91 Å². The molecule has 4 rings (SSSR count). The van der Waals surface area contributed by atoms with E-state index in [-0.39, 0.29) is 0 Å². The number of methoxy groups -OCH3 is 1. The molecule has 5 nitrogen and oxygen atoms in total. The van der Waals surface area contributed by atoms with E-state index in [1.165, 1.54) is 16.5 Å². The molecule has 2 aliphatic heterocycles. The van der Waals surface area contributed by atoms with Crippen LogP contribution in [0.4, 0.5) is 0 Å². The number of hydrogen-bond acceptors (Lipinski definition) is 3. The summed E-state index contributed by atoms with van der Waals surface area (Å²) in [6.07, 6.45) is 8.36. The van der Waals surface area contributed by atoms with Gasteiger partial charge in [-0.25, -0.2) is 0 Å². The van der Waals surface area contributed by atoms with Crippen molar-refractivity contribution >= 4 is 22.4 Å². The van der Waals surface area contributed by atoms with Crippen LogP contribution in [0.2, 0.25) is 0 Å². The summed E-state index contributed by atoms with van der Waals surface area (Å²) in [6.45, 7) is 5.87. The van der Waals surface area contributed by atoms with Gasteiger partial charge in [-0.1, -0.05) is 6.08 Å². The van der Waals surface area contributed by atoms with Crippen molar-refractivity contribution in [1.82, 2.24) is 14.8 Å². The Kier molecular flexibility index (Phi) is 5.21. The highest BCUT2D eigenvalue weighted by Gasteiger charge is 2.25. The molecule has 2 aromatic rings. The number of H-pyrrole nitrogens is 1. The van der Waals surface area contributed by atoms with Crippen LogP contribution in [0.5, 0.6) is 5.75 Å². The maximum Gasteiger partial charge on any atom is 0.224 e. The molecule has 27 heavy (non-hydrogen) atoms. The fourth-order valence-electron chi connectivity index (χ4n) is 4.35. The third kappa shape index (κ3) is 3.74. The molecule has 3 heterocycles. The van der Waals surface area contributed by atoms with Crippen molar-refractivity contribution in [3.63, 3.8) is 0 Å². The van der Waals surface area contributed by atoms with Crippen LogP contribution in [0.15, 0.2) is 30.5 Å². The van der Waals surface area contributed by atoms with Crippen LogP contribution in [-0.4, -0.2) is 60.0 Å². The Balaban J connectivity index is 1.38. The number of fused-ring (bicyclic) bond motifs is 1. The van der Waals surface area contributed by atoms with Crippen molar-refractivity contribution in [2.75, 3.05) is 33.3 Å². The van der Waals surface area contributed by atoms with Crippen LogP contribution in [0, 0.1) is 0 Å². The first-order valence-corrected chi connectivity index (χ1v) is 10.0. The molecule has 144 valence electrons. The van der Waals surface area contributed by atoms with Crippen LogP contribution in [-0.2, 0) is 4.79 Å². The van der Waals surface area contributed by atoms with Crippen molar-refractivity contribution in [3.05, 3.63) is 36.0 Å². The van der Waals surface area contributed by atoms with Gasteiger partial charge in [0.05, 0.1) is 7.11 Å². The van der Waals surface area contributed by atoms with E-state index in [1.807, 2.05) is 6.07 Å². The molecule has 1 amide bonds. The van der Waals surface area contributed by atoms with Gasteiger partial charge < -0.3 is 14.6 Å². The van der Waals surface area contributed by atoms with E-state index in [0.717, 1.165) is 56.7 Å². The second kappa shape index (κ2) is 7.77. The lowest BCUT2D eigenvalue weighted by Crippen LogP contribution is -2.37. The van der Waals surface area contributed by atoms with Gasteiger partial charge in [-0.15, -0.1) is 0 Å². The Bertz CT molecular complexity index is 854. The maximum atomic E-state index is 12.4. The van der Waals surface area contributed by atoms with Gasteiger partial charge in [0.15, 0.2) is 0 Å². The highest BCUT2D eigenvalue weighted by atomic mass is 16.5. The van der Waals surface area contributed by atoms with Crippen LogP contribution in [0.1, 0.15) is 38.2 Å². The average molecular weight is 367 g/mol. The standard InChI is InChI=1S/C22H29N3O2/c1-16-4-3-10-25(16)22(26)9-13-24-11-7-17(8-12-24)20-15-23-21-6-5-18(27-2)14-19(20)21/h5-7,14-16,23H,3-4,8-13H2,1-2H3/t16-/m0/s1. The van der Waals surface area contributed by atoms with Crippen molar-refractivity contribution in [2.45, 2.75) is 38.6 Å². The summed E-state index contributed by atoms with van der Waals surface area (Å²) in [5.74, 6) is 1.20. The Hall–Kier alpha value is -2.27. The third-order valence-corrected chi connectivity index (χ3v) is 6.04. The Morgan fingerprint density at radius 1 is 1.33 bits per heavy atom.